The van der Waals surface area contributed by atoms with Crippen molar-refractivity contribution in [3.05, 3.63) is 87.5 Å². The molecule has 2 aromatic carbocycles. The van der Waals surface area contributed by atoms with Crippen molar-refractivity contribution in [1.82, 2.24) is 0 Å². The molecule has 8 heteroatoms. The Morgan fingerprint density at radius 2 is 1.97 bits per heavy atom. The van der Waals surface area contributed by atoms with E-state index in [2.05, 4.69) is 0 Å². The number of amides is 1. The molecule has 3 aliphatic rings. The van der Waals surface area contributed by atoms with Gasteiger partial charge in [-0.25, -0.2) is 4.79 Å². The summed E-state index contributed by atoms with van der Waals surface area (Å²) in [4.78, 5) is 42.4. The maximum Gasteiger partial charge on any atom is 0.341 e. The third-order valence-electron chi connectivity index (χ3n) is 6.75. The number of esters is 1. The predicted molar refractivity (Wildman–Crippen MR) is 126 cm³/mol. The highest BCUT2D eigenvalue weighted by atomic mass is 35.5. The molecular weight excluding hydrogens is 456 g/mol. The van der Waals surface area contributed by atoms with Gasteiger partial charge in [0.25, 0.3) is 0 Å². The van der Waals surface area contributed by atoms with Crippen LogP contribution < -0.4 is 10.6 Å². The Bertz CT molecular complexity index is 1310. The van der Waals surface area contributed by atoms with Crippen molar-refractivity contribution in [2.45, 2.75) is 31.1 Å². The summed E-state index contributed by atoms with van der Waals surface area (Å²) < 4.78 is 11.2. The molecule has 2 atom stereocenters. The molecular formula is C26H23ClN2O5. The predicted octanol–water partition coefficient (Wildman–Crippen LogP) is 3.72. The molecule has 1 aliphatic carbocycles. The molecule has 174 valence electrons. The molecule has 7 nitrogen and oxygen atoms in total. The van der Waals surface area contributed by atoms with Gasteiger partial charge in [0.05, 0.1) is 12.2 Å². The number of nitrogens with two attached hydrogens (primary N) is 1. The van der Waals surface area contributed by atoms with E-state index >= 15 is 0 Å². The fourth-order valence-electron chi connectivity index (χ4n) is 5.38. The number of carbonyl (C=O) groups is 3. The summed E-state index contributed by atoms with van der Waals surface area (Å²) in [6.07, 6.45) is 0.471. The molecule has 0 fully saturated rings. The van der Waals surface area contributed by atoms with Crippen molar-refractivity contribution in [2.24, 2.45) is 5.73 Å². The Kier molecular flexibility index (Phi) is 5.24. The number of ketones is 1. The van der Waals surface area contributed by atoms with E-state index < -0.39 is 17.3 Å². The zero-order valence-corrected chi connectivity index (χ0v) is 19.5. The second kappa shape index (κ2) is 8.02. The van der Waals surface area contributed by atoms with Gasteiger partial charge in [-0.05, 0) is 36.6 Å². The van der Waals surface area contributed by atoms with E-state index in [0.717, 1.165) is 5.56 Å². The number of carbonyl (C=O) groups excluding carboxylic acids is 3. The van der Waals surface area contributed by atoms with Crippen LogP contribution in [0.5, 0.6) is 0 Å². The number of para-hydroxylation sites is 1. The first-order valence-electron chi connectivity index (χ1n) is 11.1. The van der Waals surface area contributed by atoms with Gasteiger partial charge >= 0.3 is 5.97 Å². The lowest BCUT2D eigenvalue weighted by Gasteiger charge is -2.40. The number of allylic oxidation sites excluding steroid dienone is 1. The SMILES string of the molecule is CCOC(=O)C1=C(N)OC2=C(C(=O)C[C@@H](c3cccc(Cl)c3)C2)[C@]12C(=O)N(C)c1ccccc12. The lowest BCUT2D eigenvalue weighted by molar-refractivity contribution is -0.141. The summed E-state index contributed by atoms with van der Waals surface area (Å²) in [5.41, 5.74) is 6.60. The van der Waals surface area contributed by atoms with Crippen molar-refractivity contribution < 1.29 is 23.9 Å². The average Bonchev–Trinajstić information content (AvgIpc) is 3.01. The van der Waals surface area contributed by atoms with Crippen LogP contribution in [-0.4, -0.2) is 31.3 Å². The molecule has 34 heavy (non-hydrogen) atoms. The van der Waals surface area contributed by atoms with Gasteiger partial charge in [0, 0.05) is 36.2 Å². The van der Waals surface area contributed by atoms with Gasteiger partial charge in [-0.2, -0.15) is 0 Å². The number of fused-ring (bicyclic) bond motifs is 3. The maximum atomic E-state index is 14.0. The number of Topliss-reactive ketones (excluding diaryl/α,β-unsaturated/α-hetero) is 1. The normalized spacial score (nSPS) is 23.7. The highest BCUT2D eigenvalue weighted by Gasteiger charge is 2.63. The van der Waals surface area contributed by atoms with Crippen molar-refractivity contribution in [2.75, 3.05) is 18.6 Å². The molecule has 5 rings (SSSR count). The molecule has 2 aliphatic heterocycles. The molecule has 0 unspecified atom stereocenters. The number of anilines is 1. The van der Waals surface area contributed by atoms with Crippen molar-refractivity contribution >= 4 is 34.9 Å². The summed E-state index contributed by atoms with van der Waals surface area (Å²) in [6, 6.07) is 14.4. The lowest BCUT2D eigenvalue weighted by atomic mass is 9.63. The third-order valence-corrected chi connectivity index (χ3v) is 6.98. The van der Waals surface area contributed by atoms with Gasteiger partial charge in [0.1, 0.15) is 16.7 Å². The van der Waals surface area contributed by atoms with Crippen molar-refractivity contribution in [1.29, 1.82) is 0 Å². The summed E-state index contributed by atoms with van der Waals surface area (Å²) in [5.74, 6) is -1.64. The van der Waals surface area contributed by atoms with E-state index in [1.165, 1.54) is 4.90 Å². The third kappa shape index (κ3) is 3.00. The van der Waals surface area contributed by atoms with Crippen molar-refractivity contribution in [3.8, 4) is 0 Å². The van der Waals surface area contributed by atoms with Crippen LogP contribution >= 0.6 is 11.6 Å². The van der Waals surface area contributed by atoms with Crippen LogP contribution in [0.25, 0.3) is 0 Å². The van der Waals surface area contributed by atoms with Gasteiger partial charge in [-0.3, -0.25) is 9.59 Å². The number of likely N-dealkylation sites (N-methyl/N-ethyl adjacent to an activating group) is 1. The second-order valence-electron chi connectivity index (χ2n) is 8.57. The quantitative estimate of drug-likeness (QED) is 0.675. The van der Waals surface area contributed by atoms with E-state index in [0.29, 0.717) is 28.5 Å². The molecule has 0 bridgehead atoms. The Morgan fingerprint density at radius 3 is 2.71 bits per heavy atom. The highest BCUT2D eigenvalue weighted by molar-refractivity contribution is 6.30. The standard InChI is InChI=1S/C26H23ClN2O5/c1-3-33-24(31)22-23(28)34-20-13-15(14-7-6-8-16(27)11-14)12-19(30)21(20)26(22)17-9-4-5-10-18(17)29(2)25(26)32/h4-11,15H,3,12-13,28H2,1-2H3/t15-,26+/m1/s1. The summed E-state index contributed by atoms with van der Waals surface area (Å²) >= 11 is 6.18. The molecule has 2 aromatic rings. The van der Waals surface area contributed by atoms with Crippen LogP contribution in [0.15, 0.2) is 71.3 Å². The number of rotatable bonds is 3. The van der Waals surface area contributed by atoms with Crippen LogP contribution in [0.3, 0.4) is 0 Å². The molecule has 0 saturated carbocycles. The number of hydrogen-bond donors (Lipinski definition) is 1. The number of ether oxygens (including phenoxy) is 2. The number of benzene rings is 2. The first-order valence-corrected chi connectivity index (χ1v) is 11.4. The second-order valence-corrected chi connectivity index (χ2v) is 9.01. The zero-order chi connectivity index (χ0) is 24.2. The monoisotopic (exact) mass is 478 g/mol. The van der Waals surface area contributed by atoms with Crippen LogP contribution in [-0.2, 0) is 29.3 Å². The maximum absolute atomic E-state index is 14.0. The van der Waals surface area contributed by atoms with E-state index in [1.807, 2.05) is 18.2 Å². The Hall–Kier alpha value is -3.58. The molecule has 0 saturated heterocycles. The Balaban J connectivity index is 1.75. The minimum Gasteiger partial charge on any atom is -0.462 e. The van der Waals surface area contributed by atoms with E-state index in [9.17, 15) is 14.4 Å². The highest BCUT2D eigenvalue weighted by Crippen LogP contribution is 2.56. The van der Waals surface area contributed by atoms with Crippen LogP contribution in [0, 0.1) is 0 Å². The molecule has 0 radical (unpaired) electrons. The molecule has 2 N–H and O–H groups in total. The lowest BCUT2D eigenvalue weighted by Crippen LogP contribution is -2.51. The average molecular weight is 479 g/mol. The summed E-state index contributed by atoms with van der Waals surface area (Å²) in [5, 5.41) is 0.566. The van der Waals surface area contributed by atoms with Gasteiger partial charge in [-0.1, -0.05) is 41.9 Å². The van der Waals surface area contributed by atoms with E-state index in [-0.39, 0.29) is 41.8 Å². The van der Waals surface area contributed by atoms with E-state index in [4.69, 9.17) is 26.8 Å². The minimum absolute atomic E-state index is 0.0774. The summed E-state index contributed by atoms with van der Waals surface area (Å²) in [7, 11) is 1.62. The van der Waals surface area contributed by atoms with Gasteiger partial charge in [0.15, 0.2) is 5.78 Å². The largest absolute Gasteiger partial charge is 0.462 e. The Labute approximate surface area is 201 Å². The Morgan fingerprint density at radius 1 is 1.21 bits per heavy atom. The molecule has 1 spiro atoms. The van der Waals surface area contributed by atoms with Gasteiger partial charge in [0.2, 0.25) is 11.8 Å². The topological polar surface area (TPSA) is 98.9 Å². The molecule has 0 aromatic heterocycles. The number of halogens is 1. The van der Waals surface area contributed by atoms with Crippen LogP contribution in [0.4, 0.5) is 5.69 Å². The number of hydrogen-bond acceptors (Lipinski definition) is 6. The molecule has 1 amide bonds. The first-order chi connectivity index (χ1) is 16.3. The van der Waals surface area contributed by atoms with Crippen LogP contribution in [0.2, 0.25) is 5.02 Å². The number of nitrogens with zero attached hydrogens (tertiary/aromatic N) is 1. The van der Waals surface area contributed by atoms with Gasteiger partial charge < -0.3 is 20.1 Å². The molecule has 2 heterocycles. The smallest absolute Gasteiger partial charge is 0.341 e. The van der Waals surface area contributed by atoms with Crippen LogP contribution in [0.1, 0.15) is 36.8 Å². The fourth-order valence-corrected chi connectivity index (χ4v) is 5.58. The zero-order valence-electron chi connectivity index (χ0n) is 18.8. The summed E-state index contributed by atoms with van der Waals surface area (Å²) in [6.45, 7) is 1.74. The van der Waals surface area contributed by atoms with Crippen molar-refractivity contribution in [3.63, 3.8) is 0 Å². The van der Waals surface area contributed by atoms with E-state index in [1.54, 1.807) is 44.3 Å². The minimum atomic E-state index is -1.72. The first kappa shape index (κ1) is 22.2. The van der Waals surface area contributed by atoms with Gasteiger partial charge in [-0.15, -0.1) is 0 Å². The fraction of sp³-hybridized carbons (Fsp3) is 0.269.